The number of carbonyl (C=O) groups excluding carboxylic acids is 3. The van der Waals surface area contributed by atoms with Crippen LogP contribution in [0.15, 0.2) is 64.2 Å². The summed E-state index contributed by atoms with van der Waals surface area (Å²) in [5.41, 5.74) is 5.62. The van der Waals surface area contributed by atoms with Crippen molar-refractivity contribution >= 4 is 51.2 Å². The van der Waals surface area contributed by atoms with Gasteiger partial charge < -0.3 is 20.1 Å². The Balaban J connectivity index is 1.59. The van der Waals surface area contributed by atoms with E-state index in [9.17, 15) is 18.8 Å². The van der Waals surface area contributed by atoms with Crippen LogP contribution in [0.2, 0.25) is 0 Å². The number of anilines is 2. The SMILES string of the molecule is COc1cc(/C=N\NC(=O)C(=O)Nc2ccc(F)cc2)cc(Br)c1OCC(=O)Nc1cccc(C)c1C. The number of hydrogen-bond donors (Lipinski definition) is 3. The van der Waals surface area contributed by atoms with Gasteiger partial charge in [0.1, 0.15) is 5.82 Å². The fraction of sp³-hybridized carbons (Fsp3) is 0.154. The van der Waals surface area contributed by atoms with Crippen LogP contribution in [-0.4, -0.2) is 37.7 Å². The van der Waals surface area contributed by atoms with Crippen molar-refractivity contribution < 1.29 is 28.2 Å². The molecule has 3 aromatic rings. The van der Waals surface area contributed by atoms with Gasteiger partial charge in [-0.2, -0.15) is 5.10 Å². The fourth-order valence-corrected chi connectivity index (χ4v) is 3.68. The molecule has 37 heavy (non-hydrogen) atoms. The summed E-state index contributed by atoms with van der Waals surface area (Å²) in [5, 5.41) is 8.93. The Morgan fingerprint density at radius 2 is 1.76 bits per heavy atom. The van der Waals surface area contributed by atoms with E-state index in [1.807, 2.05) is 32.0 Å². The number of halogens is 2. The molecule has 192 valence electrons. The summed E-state index contributed by atoms with van der Waals surface area (Å²) in [4.78, 5) is 36.3. The summed E-state index contributed by atoms with van der Waals surface area (Å²) in [6.45, 7) is 3.63. The monoisotopic (exact) mass is 570 g/mol. The smallest absolute Gasteiger partial charge is 0.329 e. The molecule has 9 nitrogen and oxygen atoms in total. The summed E-state index contributed by atoms with van der Waals surface area (Å²) in [6, 6.07) is 13.8. The average Bonchev–Trinajstić information content (AvgIpc) is 2.87. The van der Waals surface area contributed by atoms with E-state index in [0.717, 1.165) is 23.3 Å². The van der Waals surface area contributed by atoms with Crippen LogP contribution in [0.1, 0.15) is 16.7 Å². The van der Waals surface area contributed by atoms with Gasteiger partial charge in [0.05, 0.1) is 17.8 Å². The minimum Gasteiger partial charge on any atom is -0.493 e. The van der Waals surface area contributed by atoms with Crippen molar-refractivity contribution in [2.75, 3.05) is 24.4 Å². The van der Waals surface area contributed by atoms with Crippen LogP contribution < -0.4 is 25.5 Å². The van der Waals surface area contributed by atoms with Crippen molar-refractivity contribution in [2.24, 2.45) is 5.10 Å². The topological polar surface area (TPSA) is 118 Å². The van der Waals surface area contributed by atoms with Gasteiger partial charge in [-0.1, -0.05) is 12.1 Å². The first-order valence-electron chi connectivity index (χ1n) is 10.9. The third-order valence-corrected chi connectivity index (χ3v) is 5.76. The van der Waals surface area contributed by atoms with E-state index in [0.29, 0.717) is 27.2 Å². The van der Waals surface area contributed by atoms with Crippen molar-refractivity contribution in [1.29, 1.82) is 0 Å². The first kappa shape index (κ1) is 27.3. The lowest BCUT2D eigenvalue weighted by molar-refractivity contribution is -0.136. The molecule has 0 unspecified atom stereocenters. The largest absolute Gasteiger partial charge is 0.493 e. The number of methoxy groups -OCH3 is 1. The summed E-state index contributed by atoms with van der Waals surface area (Å²) >= 11 is 3.39. The molecule has 0 atom stereocenters. The molecular weight excluding hydrogens is 547 g/mol. The summed E-state index contributed by atoms with van der Waals surface area (Å²) in [7, 11) is 1.44. The molecular formula is C26H24BrFN4O5. The highest BCUT2D eigenvalue weighted by molar-refractivity contribution is 9.10. The molecule has 3 amide bonds. The molecule has 3 N–H and O–H groups in total. The second kappa shape index (κ2) is 12.6. The Labute approximate surface area is 221 Å². The molecule has 0 fully saturated rings. The molecule has 0 aliphatic rings. The third-order valence-electron chi connectivity index (χ3n) is 5.17. The van der Waals surface area contributed by atoms with Crippen LogP contribution >= 0.6 is 15.9 Å². The van der Waals surface area contributed by atoms with E-state index in [4.69, 9.17) is 9.47 Å². The minimum atomic E-state index is -1.01. The highest BCUT2D eigenvalue weighted by Crippen LogP contribution is 2.36. The number of nitrogens with zero attached hydrogens (tertiary/aromatic N) is 1. The van der Waals surface area contributed by atoms with Crippen molar-refractivity contribution in [3.05, 3.63) is 81.6 Å². The van der Waals surface area contributed by atoms with E-state index < -0.39 is 17.6 Å². The maximum absolute atomic E-state index is 13.0. The van der Waals surface area contributed by atoms with Gasteiger partial charge in [0.15, 0.2) is 18.1 Å². The molecule has 0 aliphatic carbocycles. The van der Waals surface area contributed by atoms with Crippen LogP contribution in [0.25, 0.3) is 0 Å². The number of ether oxygens (including phenoxy) is 2. The van der Waals surface area contributed by atoms with Crippen molar-refractivity contribution in [1.82, 2.24) is 5.43 Å². The second-order valence-electron chi connectivity index (χ2n) is 7.78. The van der Waals surface area contributed by atoms with E-state index in [2.05, 4.69) is 37.1 Å². The molecule has 11 heteroatoms. The van der Waals surface area contributed by atoms with Crippen molar-refractivity contribution in [2.45, 2.75) is 13.8 Å². The summed E-state index contributed by atoms with van der Waals surface area (Å²) < 4.78 is 24.5. The molecule has 0 bridgehead atoms. The van der Waals surface area contributed by atoms with E-state index in [-0.39, 0.29) is 18.2 Å². The molecule has 0 spiro atoms. The Kier molecular flexibility index (Phi) is 9.33. The standard InChI is InChI=1S/C26H24BrFN4O5/c1-15-5-4-6-21(16(15)2)31-23(33)14-37-24-20(27)11-17(12-22(24)36-3)13-29-32-26(35)25(34)30-19-9-7-18(28)8-10-19/h4-13H,14H2,1-3H3,(H,30,34)(H,31,33)(H,32,35)/b29-13-. The lowest BCUT2D eigenvalue weighted by atomic mass is 10.1. The quantitative estimate of drug-likeness (QED) is 0.212. The number of carbonyl (C=O) groups is 3. The first-order chi connectivity index (χ1) is 17.7. The van der Waals surface area contributed by atoms with Gasteiger partial charge in [0, 0.05) is 11.4 Å². The predicted octanol–water partition coefficient (Wildman–Crippen LogP) is 4.32. The lowest BCUT2D eigenvalue weighted by Gasteiger charge is -2.14. The molecule has 0 saturated carbocycles. The lowest BCUT2D eigenvalue weighted by Crippen LogP contribution is -2.32. The number of amides is 3. The molecule has 0 aromatic heterocycles. The number of benzene rings is 3. The van der Waals surface area contributed by atoms with E-state index >= 15 is 0 Å². The Morgan fingerprint density at radius 1 is 1.03 bits per heavy atom. The van der Waals surface area contributed by atoms with Gasteiger partial charge in [-0.25, -0.2) is 9.82 Å². The van der Waals surface area contributed by atoms with Gasteiger partial charge in [-0.3, -0.25) is 14.4 Å². The molecule has 0 radical (unpaired) electrons. The van der Waals surface area contributed by atoms with Crippen LogP contribution in [-0.2, 0) is 14.4 Å². The van der Waals surface area contributed by atoms with Gasteiger partial charge >= 0.3 is 11.8 Å². The van der Waals surface area contributed by atoms with Crippen LogP contribution in [0.5, 0.6) is 11.5 Å². The van der Waals surface area contributed by atoms with Crippen molar-refractivity contribution in [3.8, 4) is 11.5 Å². The normalized spacial score (nSPS) is 10.6. The number of hydrogen-bond acceptors (Lipinski definition) is 6. The maximum atomic E-state index is 13.0. The number of nitrogens with one attached hydrogen (secondary N) is 3. The van der Waals surface area contributed by atoms with Gasteiger partial charge in [0.25, 0.3) is 5.91 Å². The minimum absolute atomic E-state index is 0.255. The second-order valence-corrected chi connectivity index (χ2v) is 8.63. The highest BCUT2D eigenvalue weighted by atomic mass is 79.9. The Hall–Kier alpha value is -4.25. The van der Waals surface area contributed by atoms with Gasteiger partial charge in [-0.05, 0) is 88.9 Å². The maximum Gasteiger partial charge on any atom is 0.329 e. The van der Waals surface area contributed by atoms with E-state index in [1.165, 1.54) is 25.5 Å². The van der Waals surface area contributed by atoms with Gasteiger partial charge in [-0.15, -0.1) is 0 Å². The van der Waals surface area contributed by atoms with Crippen LogP contribution in [0, 0.1) is 19.7 Å². The van der Waals surface area contributed by atoms with Crippen LogP contribution in [0.4, 0.5) is 15.8 Å². The average molecular weight is 571 g/mol. The first-order valence-corrected chi connectivity index (χ1v) is 11.7. The van der Waals surface area contributed by atoms with Crippen LogP contribution in [0.3, 0.4) is 0 Å². The highest BCUT2D eigenvalue weighted by Gasteiger charge is 2.15. The van der Waals surface area contributed by atoms with Gasteiger partial charge in [0.2, 0.25) is 0 Å². The molecule has 3 aromatic carbocycles. The number of aryl methyl sites for hydroxylation is 1. The van der Waals surface area contributed by atoms with Crippen molar-refractivity contribution in [3.63, 3.8) is 0 Å². The van der Waals surface area contributed by atoms with E-state index in [1.54, 1.807) is 12.1 Å². The fourth-order valence-electron chi connectivity index (χ4n) is 3.10. The number of rotatable bonds is 8. The summed E-state index contributed by atoms with van der Waals surface area (Å²) in [6.07, 6.45) is 1.30. The molecule has 0 aliphatic heterocycles. The third kappa shape index (κ3) is 7.61. The zero-order chi connectivity index (χ0) is 26.9. The molecule has 0 saturated heterocycles. The summed E-state index contributed by atoms with van der Waals surface area (Å²) in [5.74, 6) is -2.17. The Morgan fingerprint density at radius 3 is 2.46 bits per heavy atom. The molecule has 0 heterocycles. The number of hydrazone groups is 1. The predicted molar refractivity (Wildman–Crippen MR) is 142 cm³/mol. The Bertz CT molecular complexity index is 1350. The molecule has 3 rings (SSSR count). The zero-order valence-electron chi connectivity index (χ0n) is 20.2. The zero-order valence-corrected chi connectivity index (χ0v) is 21.8.